The molecule has 5 rings (SSSR count). The lowest BCUT2D eigenvalue weighted by molar-refractivity contribution is 0.0384. The van der Waals surface area contributed by atoms with E-state index in [1.54, 1.807) is 6.07 Å². The lowest BCUT2D eigenvalue weighted by Crippen LogP contribution is -2.37. The zero-order valence-electron chi connectivity index (χ0n) is 22.0. The fourth-order valence-corrected chi connectivity index (χ4v) is 4.19. The summed E-state index contributed by atoms with van der Waals surface area (Å²) in [6.45, 7) is 4.41. The summed E-state index contributed by atoms with van der Waals surface area (Å²) in [6, 6.07) is 6.70. The van der Waals surface area contributed by atoms with E-state index in [-0.39, 0.29) is 17.3 Å². The molecular formula is C27H28F2N8O3. The van der Waals surface area contributed by atoms with E-state index < -0.39 is 17.3 Å². The van der Waals surface area contributed by atoms with E-state index in [4.69, 9.17) is 14.2 Å². The minimum atomic E-state index is -0.935. The average Bonchev–Trinajstić information content (AvgIpc) is 3.00. The monoisotopic (exact) mass is 550 g/mol. The highest BCUT2D eigenvalue weighted by Crippen LogP contribution is 2.37. The van der Waals surface area contributed by atoms with Crippen molar-refractivity contribution in [3.05, 3.63) is 66.5 Å². The van der Waals surface area contributed by atoms with Crippen LogP contribution in [0.25, 0.3) is 11.3 Å². The molecule has 0 aliphatic carbocycles. The third-order valence-corrected chi connectivity index (χ3v) is 6.37. The first-order valence-corrected chi connectivity index (χ1v) is 12.6. The number of nitrogens with one attached hydrogen (secondary N) is 2. The molecule has 0 saturated carbocycles. The van der Waals surface area contributed by atoms with Crippen LogP contribution in [0, 0.1) is 11.6 Å². The highest BCUT2D eigenvalue weighted by atomic mass is 19.1. The van der Waals surface area contributed by atoms with E-state index in [2.05, 4.69) is 40.5 Å². The summed E-state index contributed by atoms with van der Waals surface area (Å²) in [5.74, 6) is -1.06. The molecule has 1 saturated heterocycles. The van der Waals surface area contributed by atoms with Crippen molar-refractivity contribution in [2.24, 2.45) is 0 Å². The zero-order chi connectivity index (χ0) is 27.9. The van der Waals surface area contributed by atoms with Crippen LogP contribution in [0.2, 0.25) is 0 Å². The molecule has 0 amide bonds. The fraction of sp³-hybridized carbons (Fsp3) is 0.296. The van der Waals surface area contributed by atoms with Crippen molar-refractivity contribution >= 4 is 23.1 Å². The summed E-state index contributed by atoms with van der Waals surface area (Å²) in [6.07, 6.45) is 6.83. The molecule has 0 unspecified atom stereocenters. The van der Waals surface area contributed by atoms with Crippen LogP contribution < -0.4 is 20.1 Å². The van der Waals surface area contributed by atoms with Crippen LogP contribution in [0.3, 0.4) is 0 Å². The first-order chi connectivity index (χ1) is 19.6. The van der Waals surface area contributed by atoms with Crippen LogP contribution in [0.15, 0.2) is 49.3 Å². The number of nitrogens with zero attached hydrogens (tertiary/aromatic N) is 6. The van der Waals surface area contributed by atoms with E-state index in [1.807, 2.05) is 18.3 Å². The Labute approximate surface area is 229 Å². The lowest BCUT2D eigenvalue weighted by atomic mass is 10.2. The molecule has 0 bridgehead atoms. The van der Waals surface area contributed by atoms with Crippen molar-refractivity contribution < 1.29 is 23.0 Å². The van der Waals surface area contributed by atoms with E-state index in [9.17, 15) is 8.78 Å². The standard InChI is InChI=1S/C27H28F2N8O3/c1-38-20-12-21(39-2)25(29)26(24(20)28)36-27-18(14-30-15-34-27)19-11-23(33-16-32-19)35-22-4-3-17(13-31-22)5-6-37-7-9-40-10-8-37/h3-4,11-16H,5-10H2,1-2H3,(H,30,34,36)(H,31,32,33,35). The third-order valence-electron chi connectivity index (χ3n) is 6.37. The van der Waals surface area contributed by atoms with Gasteiger partial charge in [-0.25, -0.2) is 33.7 Å². The normalized spacial score (nSPS) is 13.6. The van der Waals surface area contributed by atoms with Crippen molar-refractivity contribution in [1.29, 1.82) is 0 Å². The van der Waals surface area contributed by atoms with Crippen LogP contribution >= 0.6 is 0 Å². The first-order valence-electron chi connectivity index (χ1n) is 12.6. The molecule has 2 N–H and O–H groups in total. The van der Waals surface area contributed by atoms with E-state index >= 15 is 0 Å². The Morgan fingerprint density at radius 2 is 1.65 bits per heavy atom. The number of benzene rings is 1. The van der Waals surface area contributed by atoms with Crippen molar-refractivity contribution in [1.82, 2.24) is 29.8 Å². The zero-order valence-corrected chi connectivity index (χ0v) is 22.0. The topological polar surface area (TPSA) is 119 Å². The third kappa shape index (κ3) is 6.21. The maximum atomic E-state index is 15.0. The summed E-state index contributed by atoms with van der Waals surface area (Å²) in [5.41, 5.74) is 1.45. The Balaban J connectivity index is 1.33. The van der Waals surface area contributed by atoms with Crippen LogP contribution in [-0.2, 0) is 11.2 Å². The number of aromatic nitrogens is 5. The number of hydrogen-bond acceptors (Lipinski definition) is 11. The van der Waals surface area contributed by atoms with Crippen molar-refractivity contribution in [3.63, 3.8) is 0 Å². The number of ether oxygens (including phenoxy) is 3. The molecule has 1 aliphatic rings. The van der Waals surface area contributed by atoms with Gasteiger partial charge in [0.15, 0.2) is 23.1 Å². The second-order valence-electron chi connectivity index (χ2n) is 8.86. The lowest BCUT2D eigenvalue weighted by Gasteiger charge is -2.26. The average molecular weight is 551 g/mol. The van der Waals surface area contributed by atoms with Gasteiger partial charge in [-0.2, -0.15) is 0 Å². The van der Waals surface area contributed by atoms with Crippen molar-refractivity contribution in [3.8, 4) is 22.8 Å². The summed E-state index contributed by atoms with van der Waals surface area (Å²) in [7, 11) is 2.55. The van der Waals surface area contributed by atoms with E-state index in [1.165, 1.54) is 33.1 Å². The van der Waals surface area contributed by atoms with Crippen LogP contribution in [0.1, 0.15) is 5.56 Å². The van der Waals surface area contributed by atoms with Gasteiger partial charge >= 0.3 is 0 Å². The fourth-order valence-electron chi connectivity index (χ4n) is 4.19. The second-order valence-corrected chi connectivity index (χ2v) is 8.86. The molecule has 0 spiro atoms. The number of anilines is 4. The van der Waals surface area contributed by atoms with Gasteiger partial charge in [-0.1, -0.05) is 6.07 Å². The van der Waals surface area contributed by atoms with E-state index in [0.717, 1.165) is 50.9 Å². The minimum absolute atomic E-state index is 0.121. The number of morpholine rings is 1. The van der Waals surface area contributed by atoms with Gasteiger partial charge < -0.3 is 24.8 Å². The van der Waals surface area contributed by atoms with Gasteiger partial charge in [0, 0.05) is 44.2 Å². The van der Waals surface area contributed by atoms with Gasteiger partial charge in [0.25, 0.3) is 0 Å². The second kappa shape index (κ2) is 12.6. The molecule has 3 aromatic heterocycles. The Bertz CT molecular complexity index is 1420. The number of hydrogen-bond donors (Lipinski definition) is 2. The summed E-state index contributed by atoms with van der Waals surface area (Å²) >= 11 is 0. The molecule has 13 heteroatoms. The van der Waals surface area contributed by atoms with Gasteiger partial charge in [-0.3, -0.25) is 4.90 Å². The van der Waals surface area contributed by atoms with Gasteiger partial charge in [0.1, 0.15) is 35.8 Å². The van der Waals surface area contributed by atoms with Crippen LogP contribution in [0.5, 0.6) is 11.5 Å². The predicted octanol–water partition coefficient (Wildman–Crippen LogP) is 3.99. The molecule has 0 radical (unpaired) electrons. The smallest absolute Gasteiger partial charge is 0.191 e. The molecule has 1 aliphatic heterocycles. The highest BCUT2D eigenvalue weighted by molar-refractivity contribution is 5.78. The van der Waals surface area contributed by atoms with Crippen LogP contribution in [-0.4, -0.2) is 76.9 Å². The van der Waals surface area contributed by atoms with Gasteiger partial charge in [0.2, 0.25) is 0 Å². The van der Waals surface area contributed by atoms with Gasteiger partial charge in [0.05, 0.1) is 38.7 Å². The van der Waals surface area contributed by atoms with Crippen molar-refractivity contribution in [2.45, 2.75) is 6.42 Å². The molecular weight excluding hydrogens is 522 g/mol. The molecule has 4 heterocycles. The largest absolute Gasteiger partial charge is 0.493 e. The molecule has 1 fully saturated rings. The molecule has 208 valence electrons. The summed E-state index contributed by atoms with van der Waals surface area (Å²) in [5, 5.41) is 5.86. The molecule has 1 aromatic carbocycles. The maximum absolute atomic E-state index is 15.0. The van der Waals surface area contributed by atoms with Gasteiger partial charge in [-0.05, 0) is 18.1 Å². The Morgan fingerprint density at radius 3 is 2.35 bits per heavy atom. The Kier molecular flexibility index (Phi) is 8.52. The SMILES string of the molecule is COc1cc(OC)c(F)c(Nc2ncncc2-c2cc(Nc3ccc(CCN4CCOCC4)cn3)ncn2)c1F. The molecule has 40 heavy (non-hydrogen) atoms. The predicted molar refractivity (Wildman–Crippen MR) is 144 cm³/mol. The highest BCUT2D eigenvalue weighted by Gasteiger charge is 2.22. The molecule has 11 nitrogen and oxygen atoms in total. The Hall–Kier alpha value is -4.49. The number of halogens is 2. The number of pyridine rings is 1. The quantitative estimate of drug-likeness (QED) is 0.298. The van der Waals surface area contributed by atoms with Crippen molar-refractivity contribution in [2.75, 3.05) is 57.7 Å². The first kappa shape index (κ1) is 27.1. The maximum Gasteiger partial charge on any atom is 0.191 e. The summed E-state index contributed by atoms with van der Waals surface area (Å²) < 4.78 is 45.4. The van der Waals surface area contributed by atoms with Gasteiger partial charge in [-0.15, -0.1) is 0 Å². The minimum Gasteiger partial charge on any atom is -0.493 e. The Morgan fingerprint density at radius 1 is 0.875 bits per heavy atom. The summed E-state index contributed by atoms with van der Waals surface area (Å²) in [4.78, 5) is 23.7. The number of methoxy groups -OCH3 is 2. The molecule has 0 atom stereocenters. The number of rotatable bonds is 10. The molecule has 4 aromatic rings. The van der Waals surface area contributed by atoms with E-state index in [0.29, 0.717) is 22.9 Å². The van der Waals surface area contributed by atoms with Crippen LogP contribution in [0.4, 0.5) is 31.9 Å².